The number of rotatable bonds is 4. The van der Waals surface area contributed by atoms with Gasteiger partial charge in [-0.1, -0.05) is 0 Å². The van der Waals surface area contributed by atoms with Gasteiger partial charge in [-0.05, 0) is 30.3 Å². The van der Waals surface area contributed by atoms with Crippen LogP contribution in [0.2, 0.25) is 0 Å². The van der Waals surface area contributed by atoms with Gasteiger partial charge in [-0.3, -0.25) is 0 Å². The maximum absolute atomic E-state index is 9.59. The van der Waals surface area contributed by atoms with Gasteiger partial charge in [0.25, 0.3) is 0 Å². The minimum absolute atomic E-state index is 0.000617. The van der Waals surface area contributed by atoms with Gasteiger partial charge in [0, 0.05) is 22.6 Å². The van der Waals surface area contributed by atoms with Crippen LogP contribution in [-0.2, 0) is 0 Å². The molecule has 5 nitrogen and oxygen atoms in total. The maximum atomic E-state index is 9.59. The second-order valence-electron chi connectivity index (χ2n) is 4.85. The lowest BCUT2D eigenvalue weighted by Gasteiger charge is -2.08. The average Bonchev–Trinajstić information content (AvgIpc) is 3.03. The van der Waals surface area contributed by atoms with Crippen LogP contribution >= 0.6 is 11.3 Å². The molecule has 118 valence electrons. The zero-order valence-corrected chi connectivity index (χ0v) is 13.4. The summed E-state index contributed by atoms with van der Waals surface area (Å²) in [5, 5.41) is 21.9. The predicted molar refractivity (Wildman–Crippen MR) is 89.4 cm³/mol. The number of phenolic OH excluding ortho intramolecular Hbond substituents is 2. The van der Waals surface area contributed by atoms with Crippen molar-refractivity contribution < 1.29 is 19.7 Å². The summed E-state index contributed by atoms with van der Waals surface area (Å²) < 4.78 is 10.5. The Hall–Kier alpha value is -2.73. The first-order chi connectivity index (χ1) is 11.1. The molecule has 0 aliphatic carbocycles. The van der Waals surface area contributed by atoms with Crippen molar-refractivity contribution in [1.29, 1.82) is 0 Å². The molecule has 0 radical (unpaired) electrons. The summed E-state index contributed by atoms with van der Waals surface area (Å²) in [6, 6.07) is 10.0. The third-order valence-corrected chi connectivity index (χ3v) is 4.22. The fourth-order valence-corrected chi connectivity index (χ4v) is 3.08. The molecule has 0 saturated heterocycles. The van der Waals surface area contributed by atoms with Crippen LogP contribution < -0.4 is 9.47 Å². The van der Waals surface area contributed by atoms with Crippen LogP contribution in [0.25, 0.3) is 21.8 Å². The fourth-order valence-electron chi connectivity index (χ4n) is 2.25. The molecule has 6 heteroatoms. The Labute approximate surface area is 137 Å². The van der Waals surface area contributed by atoms with Gasteiger partial charge in [-0.25, -0.2) is 4.98 Å². The quantitative estimate of drug-likeness (QED) is 0.759. The molecule has 0 amide bonds. The number of thiazole rings is 1. The summed E-state index contributed by atoms with van der Waals surface area (Å²) in [4.78, 5) is 4.56. The lowest BCUT2D eigenvalue weighted by atomic mass is 10.1. The maximum Gasteiger partial charge on any atom is 0.161 e. The van der Waals surface area contributed by atoms with Crippen molar-refractivity contribution in [3.63, 3.8) is 0 Å². The molecule has 2 aromatic carbocycles. The third kappa shape index (κ3) is 3.07. The van der Waals surface area contributed by atoms with Crippen LogP contribution in [0, 0.1) is 0 Å². The number of phenols is 2. The average molecular weight is 329 g/mol. The first-order valence-corrected chi connectivity index (χ1v) is 7.70. The van der Waals surface area contributed by atoms with Crippen LogP contribution in [0.5, 0.6) is 23.0 Å². The second kappa shape index (κ2) is 6.18. The van der Waals surface area contributed by atoms with E-state index in [9.17, 15) is 10.2 Å². The van der Waals surface area contributed by atoms with E-state index < -0.39 is 0 Å². The normalized spacial score (nSPS) is 10.5. The molecule has 0 aliphatic heterocycles. The van der Waals surface area contributed by atoms with Crippen molar-refractivity contribution in [2.24, 2.45) is 0 Å². The van der Waals surface area contributed by atoms with Crippen LogP contribution in [0.15, 0.2) is 41.8 Å². The zero-order chi connectivity index (χ0) is 16.4. The van der Waals surface area contributed by atoms with E-state index in [2.05, 4.69) is 4.98 Å². The zero-order valence-electron chi connectivity index (χ0n) is 12.6. The molecule has 2 N–H and O–H groups in total. The Kier molecular flexibility index (Phi) is 4.08. The van der Waals surface area contributed by atoms with Gasteiger partial charge < -0.3 is 19.7 Å². The van der Waals surface area contributed by atoms with Crippen LogP contribution in [0.3, 0.4) is 0 Å². The minimum Gasteiger partial charge on any atom is -0.508 e. The number of hydrogen-bond acceptors (Lipinski definition) is 6. The molecule has 1 aromatic heterocycles. The van der Waals surface area contributed by atoms with Gasteiger partial charge in [0.1, 0.15) is 16.5 Å². The molecular formula is C17H15NO4S. The largest absolute Gasteiger partial charge is 0.508 e. The standard InChI is InChI=1S/C17H15NO4S/c1-21-15-4-3-10(7-16(15)22-2)17-18-14(9-23-17)11-5-12(19)8-13(20)6-11/h3-9,19-20H,1-2H3. The highest BCUT2D eigenvalue weighted by molar-refractivity contribution is 7.13. The van der Waals surface area contributed by atoms with Crippen molar-refractivity contribution in [3.8, 4) is 44.8 Å². The highest BCUT2D eigenvalue weighted by Gasteiger charge is 2.11. The highest BCUT2D eigenvalue weighted by Crippen LogP contribution is 2.36. The summed E-state index contributed by atoms with van der Waals surface area (Å²) >= 11 is 1.47. The highest BCUT2D eigenvalue weighted by atomic mass is 32.1. The number of methoxy groups -OCH3 is 2. The van der Waals surface area contributed by atoms with Gasteiger partial charge in [0.15, 0.2) is 11.5 Å². The van der Waals surface area contributed by atoms with Crippen molar-refractivity contribution in [2.45, 2.75) is 0 Å². The van der Waals surface area contributed by atoms with Crippen molar-refractivity contribution in [3.05, 3.63) is 41.8 Å². The Morgan fingerprint density at radius 2 is 1.57 bits per heavy atom. The van der Waals surface area contributed by atoms with E-state index in [0.717, 1.165) is 10.6 Å². The van der Waals surface area contributed by atoms with E-state index in [1.807, 2.05) is 23.6 Å². The molecule has 0 aliphatic rings. The topological polar surface area (TPSA) is 71.8 Å². The van der Waals surface area contributed by atoms with E-state index in [-0.39, 0.29) is 11.5 Å². The Morgan fingerprint density at radius 1 is 0.870 bits per heavy atom. The summed E-state index contributed by atoms with van der Waals surface area (Å²) in [6.07, 6.45) is 0. The fraction of sp³-hybridized carbons (Fsp3) is 0.118. The molecule has 0 saturated carbocycles. The first kappa shape index (κ1) is 15.2. The van der Waals surface area contributed by atoms with Crippen molar-refractivity contribution in [1.82, 2.24) is 4.98 Å². The Balaban J connectivity index is 1.98. The molecule has 0 bridgehead atoms. The van der Waals surface area contributed by atoms with Gasteiger partial charge in [0.05, 0.1) is 19.9 Å². The molecule has 3 rings (SSSR count). The van der Waals surface area contributed by atoms with Crippen molar-refractivity contribution >= 4 is 11.3 Å². The molecular weight excluding hydrogens is 314 g/mol. The molecule has 3 aromatic rings. The summed E-state index contributed by atoms with van der Waals surface area (Å²) in [5.41, 5.74) is 2.25. The number of nitrogens with zero attached hydrogens (tertiary/aromatic N) is 1. The molecule has 1 heterocycles. The second-order valence-corrected chi connectivity index (χ2v) is 5.70. The number of hydrogen-bond donors (Lipinski definition) is 2. The number of benzene rings is 2. The van der Waals surface area contributed by atoms with Crippen LogP contribution in [0.4, 0.5) is 0 Å². The predicted octanol–water partition coefficient (Wildman–Crippen LogP) is 3.91. The van der Waals surface area contributed by atoms with E-state index in [4.69, 9.17) is 9.47 Å². The molecule has 23 heavy (non-hydrogen) atoms. The lowest BCUT2D eigenvalue weighted by molar-refractivity contribution is 0.355. The lowest BCUT2D eigenvalue weighted by Crippen LogP contribution is -1.90. The van der Waals surface area contributed by atoms with E-state index in [0.29, 0.717) is 22.8 Å². The molecule has 0 atom stereocenters. The number of aromatic nitrogens is 1. The van der Waals surface area contributed by atoms with Gasteiger partial charge in [-0.2, -0.15) is 0 Å². The Morgan fingerprint density at radius 3 is 2.22 bits per heavy atom. The van der Waals surface area contributed by atoms with E-state index in [1.54, 1.807) is 26.4 Å². The van der Waals surface area contributed by atoms with E-state index >= 15 is 0 Å². The van der Waals surface area contributed by atoms with Crippen LogP contribution in [0.1, 0.15) is 0 Å². The molecule has 0 fully saturated rings. The summed E-state index contributed by atoms with van der Waals surface area (Å²) in [5.74, 6) is 1.30. The van der Waals surface area contributed by atoms with Gasteiger partial charge >= 0.3 is 0 Å². The van der Waals surface area contributed by atoms with Gasteiger partial charge in [0.2, 0.25) is 0 Å². The van der Waals surface area contributed by atoms with E-state index in [1.165, 1.54) is 17.4 Å². The smallest absolute Gasteiger partial charge is 0.161 e. The molecule has 0 spiro atoms. The number of aromatic hydroxyl groups is 2. The van der Waals surface area contributed by atoms with Crippen LogP contribution in [-0.4, -0.2) is 29.4 Å². The van der Waals surface area contributed by atoms with Crippen molar-refractivity contribution in [2.75, 3.05) is 14.2 Å². The summed E-state index contributed by atoms with van der Waals surface area (Å²) in [7, 11) is 3.18. The first-order valence-electron chi connectivity index (χ1n) is 6.82. The Bertz CT molecular complexity index is 824. The third-order valence-electron chi connectivity index (χ3n) is 3.33. The SMILES string of the molecule is COc1ccc(-c2nc(-c3cc(O)cc(O)c3)cs2)cc1OC. The minimum atomic E-state index is 0.000617. The number of ether oxygens (including phenoxy) is 2. The van der Waals surface area contributed by atoms with Gasteiger partial charge in [-0.15, -0.1) is 11.3 Å². The monoisotopic (exact) mass is 329 g/mol. The summed E-state index contributed by atoms with van der Waals surface area (Å²) in [6.45, 7) is 0. The molecule has 0 unspecified atom stereocenters.